The van der Waals surface area contributed by atoms with Gasteiger partial charge in [-0.1, -0.05) is 13.8 Å². The molecule has 3 N–H and O–H groups in total. The monoisotopic (exact) mass is 284 g/mol. The molecule has 1 aromatic heterocycles. The van der Waals surface area contributed by atoms with Crippen molar-refractivity contribution in [3.63, 3.8) is 0 Å². The van der Waals surface area contributed by atoms with Gasteiger partial charge in [-0.3, -0.25) is 9.59 Å². The van der Waals surface area contributed by atoms with Crippen molar-refractivity contribution in [2.75, 3.05) is 5.32 Å². The first kappa shape index (κ1) is 15.2. The van der Waals surface area contributed by atoms with Crippen molar-refractivity contribution in [3.05, 3.63) is 17.0 Å². The summed E-state index contributed by atoms with van der Waals surface area (Å²) in [4.78, 5) is 34.1. The van der Waals surface area contributed by atoms with Crippen LogP contribution in [0.25, 0.3) is 0 Å². The summed E-state index contributed by atoms with van der Waals surface area (Å²) in [5.74, 6) is -1.96. The zero-order chi connectivity index (χ0) is 14.6. The first-order valence-electron chi connectivity index (χ1n) is 5.72. The fourth-order valence-corrected chi connectivity index (χ4v) is 2.28. The summed E-state index contributed by atoms with van der Waals surface area (Å²) in [6, 6.07) is 2.22. The molecular weight excluding hydrogens is 268 g/mol. The lowest BCUT2D eigenvalue weighted by Gasteiger charge is -2.17. The molecule has 1 atom stereocenters. The molecule has 104 valence electrons. The smallest absolute Gasteiger partial charge is 0.326 e. The van der Waals surface area contributed by atoms with Gasteiger partial charge in [-0.15, -0.1) is 11.3 Å². The highest BCUT2D eigenvalue weighted by Crippen LogP contribution is 2.22. The van der Waals surface area contributed by atoms with Crippen molar-refractivity contribution in [2.45, 2.75) is 26.8 Å². The maximum Gasteiger partial charge on any atom is 0.326 e. The van der Waals surface area contributed by atoms with Gasteiger partial charge in [0, 0.05) is 6.92 Å². The molecule has 2 amide bonds. The van der Waals surface area contributed by atoms with E-state index in [-0.39, 0.29) is 11.8 Å². The van der Waals surface area contributed by atoms with Crippen molar-refractivity contribution in [1.82, 2.24) is 5.32 Å². The van der Waals surface area contributed by atoms with Crippen LogP contribution in [-0.2, 0) is 9.59 Å². The summed E-state index contributed by atoms with van der Waals surface area (Å²) in [5.41, 5.74) is 0. The topological polar surface area (TPSA) is 95.5 Å². The Kier molecular flexibility index (Phi) is 5.05. The zero-order valence-corrected chi connectivity index (χ0v) is 11.7. The Morgan fingerprint density at radius 1 is 1.26 bits per heavy atom. The van der Waals surface area contributed by atoms with E-state index < -0.39 is 17.9 Å². The number of carbonyl (C=O) groups excluding carboxylic acids is 2. The third-order valence-electron chi connectivity index (χ3n) is 2.35. The highest BCUT2D eigenvalue weighted by Gasteiger charge is 2.24. The SMILES string of the molecule is CC(=O)Nc1ccc(C(=O)N[C@@H](C(=O)O)C(C)C)s1. The van der Waals surface area contributed by atoms with Crippen molar-refractivity contribution in [3.8, 4) is 0 Å². The molecule has 0 aliphatic heterocycles. The molecular formula is C12H16N2O4S. The summed E-state index contributed by atoms with van der Waals surface area (Å²) >= 11 is 1.10. The van der Waals surface area contributed by atoms with Crippen molar-refractivity contribution >= 4 is 34.1 Å². The average molecular weight is 284 g/mol. The van der Waals surface area contributed by atoms with E-state index in [0.29, 0.717) is 9.88 Å². The van der Waals surface area contributed by atoms with Crippen LogP contribution in [0.3, 0.4) is 0 Å². The third-order valence-corrected chi connectivity index (χ3v) is 3.35. The van der Waals surface area contributed by atoms with Crippen LogP contribution in [-0.4, -0.2) is 28.9 Å². The van der Waals surface area contributed by atoms with Crippen LogP contribution >= 0.6 is 11.3 Å². The molecule has 0 fully saturated rings. The van der Waals surface area contributed by atoms with E-state index in [9.17, 15) is 14.4 Å². The van der Waals surface area contributed by atoms with Gasteiger partial charge in [-0.05, 0) is 18.1 Å². The predicted molar refractivity (Wildman–Crippen MR) is 72.4 cm³/mol. The fourth-order valence-electron chi connectivity index (χ4n) is 1.43. The lowest BCUT2D eigenvalue weighted by molar-refractivity contribution is -0.140. The van der Waals surface area contributed by atoms with Gasteiger partial charge in [0.15, 0.2) is 0 Å². The molecule has 0 aliphatic rings. The van der Waals surface area contributed by atoms with E-state index in [0.717, 1.165) is 11.3 Å². The molecule has 0 saturated heterocycles. The number of hydrogen-bond acceptors (Lipinski definition) is 4. The van der Waals surface area contributed by atoms with Crippen LogP contribution in [0, 0.1) is 5.92 Å². The molecule has 0 aromatic carbocycles. The zero-order valence-electron chi connectivity index (χ0n) is 10.9. The van der Waals surface area contributed by atoms with Crippen molar-refractivity contribution in [1.29, 1.82) is 0 Å². The van der Waals surface area contributed by atoms with Crippen molar-refractivity contribution in [2.24, 2.45) is 5.92 Å². The lowest BCUT2D eigenvalue weighted by atomic mass is 10.0. The van der Waals surface area contributed by atoms with E-state index >= 15 is 0 Å². The molecule has 0 radical (unpaired) electrons. The molecule has 7 heteroatoms. The van der Waals surface area contributed by atoms with Gasteiger partial charge < -0.3 is 15.7 Å². The van der Waals surface area contributed by atoms with Gasteiger partial charge in [0.05, 0.1) is 9.88 Å². The molecule has 19 heavy (non-hydrogen) atoms. The van der Waals surface area contributed by atoms with Gasteiger partial charge in [-0.2, -0.15) is 0 Å². The maximum absolute atomic E-state index is 11.9. The van der Waals surface area contributed by atoms with E-state index in [2.05, 4.69) is 10.6 Å². The number of aliphatic carboxylic acids is 1. The lowest BCUT2D eigenvalue weighted by Crippen LogP contribution is -2.44. The third kappa shape index (κ3) is 4.36. The highest BCUT2D eigenvalue weighted by molar-refractivity contribution is 7.18. The van der Waals surface area contributed by atoms with Gasteiger partial charge in [0.2, 0.25) is 5.91 Å². The number of amides is 2. The maximum atomic E-state index is 11.9. The predicted octanol–water partition coefficient (Wildman–Crippen LogP) is 1.55. The Morgan fingerprint density at radius 3 is 2.37 bits per heavy atom. The van der Waals surface area contributed by atoms with Gasteiger partial charge in [0.1, 0.15) is 6.04 Å². The van der Waals surface area contributed by atoms with E-state index in [1.54, 1.807) is 26.0 Å². The number of carboxylic acids is 1. The highest BCUT2D eigenvalue weighted by atomic mass is 32.1. The second-order valence-corrected chi connectivity index (χ2v) is 5.46. The Morgan fingerprint density at radius 2 is 1.89 bits per heavy atom. The Balaban J connectivity index is 2.75. The summed E-state index contributed by atoms with van der Waals surface area (Å²) in [5, 5.41) is 14.6. The Labute approximate surface area is 114 Å². The van der Waals surface area contributed by atoms with Gasteiger partial charge >= 0.3 is 5.97 Å². The normalized spacial score (nSPS) is 12.0. The van der Waals surface area contributed by atoms with E-state index in [4.69, 9.17) is 5.11 Å². The standard InChI is InChI=1S/C12H16N2O4S/c1-6(2)10(12(17)18)14-11(16)8-4-5-9(19-8)13-7(3)15/h4-6,10H,1-3H3,(H,13,15)(H,14,16)(H,17,18)/t10-/m1/s1. The van der Waals surface area contributed by atoms with Crippen LogP contribution in [0.15, 0.2) is 12.1 Å². The second-order valence-electron chi connectivity index (χ2n) is 4.38. The van der Waals surface area contributed by atoms with E-state index in [1.807, 2.05) is 0 Å². The Hall–Kier alpha value is -1.89. The number of rotatable bonds is 5. The average Bonchev–Trinajstić information content (AvgIpc) is 2.72. The number of nitrogens with one attached hydrogen (secondary N) is 2. The summed E-state index contributed by atoms with van der Waals surface area (Å²) in [7, 11) is 0. The number of hydrogen-bond donors (Lipinski definition) is 3. The summed E-state index contributed by atoms with van der Waals surface area (Å²) < 4.78 is 0. The molecule has 0 spiro atoms. The van der Waals surface area contributed by atoms with E-state index in [1.165, 1.54) is 6.92 Å². The second kappa shape index (κ2) is 6.33. The molecule has 0 saturated carbocycles. The summed E-state index contributed by atoms with van der Waals surface area (Å²) in [6.07, 6.45) is 0. The number of carboxylic acid groups (broad SMARTS) is 1. The van der Waals surface area contributed by atoms with Crippen LogP contribution in [0.1, 0.15) is 30.4 Å². The minimum atomic E-state index is -1.07. The molecule has 1 aromatic rings. The number of thiophene rings is 1. The molecule has 1 rings (SSSR count). The van der Waals surface area contributed by atoms with Crippen LogP contribution in [0.2, 0.25) is 0 Å². The summed E-state index contributed by atoms with van der Waals surface area (Å²) in [6.45, 7) is 4.81. The minimum Gasteiger partial charge on any atom is -0.480 e. The quantitative estimate of drug-likeness (QED) is 0.764. The van der Waals surface area contributed by atoms with Crippen molar-refractivity contribution < 1.29 is 19.5 Å². The van der Waals surface area contributed by atoms with Crippen LogP contribution < -0.4 is 10.6 Å². The Bertz CT molecular complexity index is 496. The molecule has 0 unspecified atom stereocenters. The first-order valence-corrected chi connectivity index (χ1v) is 6.54. The number of carbonyl (C=O) groups is 3. The molecule has 6 nitrogen and oxygen atoms in total. The largest absolute Gasteiger partial charge is 0.480 e. The van der Waals surface area contributed by atoms with Gasteiger partial charge in [0.25, 0.3) is 5.91 Å². The number of anilines is 1. The molecule has 1 heterocycles. The first-order chi connectivity index (χ1) is 8.81. The van der Waals surface area contributed by atoms with Gasteiger partial charge in [-0.25, -0.2) is 4.79 Å². The minimum absolute atomic E-state index is 0.212. The van der Waals surface area contributed by atoms with Crippen LogP contribution in [0.5, 0.6) is 0 Å². The van der Waals surface area contributed by atoms with Crippen LogP contribution in [0.4, 0.5) is 5.00 Å². The fraction of sp³-hybridized carbons (Fsp3) is 0.417. The molecule has 0 bridgehead atoms. The molecule has 0 aliphatic carbocycles.